The molecule has 0 heterocycles. The Hall–Kier alpha value is -0.803. The van der Waals surface area contributed by atoms with E-state index in [-0.39, 0.29) is 5.41 Å². The summed E-state index contributed by atoms with van der Waals surface area (Å²) < 4.78 is 11.9. The second-order valence-corrected chi connectivity index (χ2v) is 14.0. The number of hydrogen-bond donors (Lipinski definition) is 0. The van der Waals surface area contributed by atoms with Gasteiger partial charge in [-0.25, -0.2) is 0 Å². The van der Waals surface area contributed by atoms with Crippen molar-refractivity contribution in [2.24, 2.45) is 11.3 Å². The molecule has 0 bridgehead atoms. The minimum absolute atomic E-state index is 0.262. The van der Waals surface area contributed by atoms with Gasteiger partial charge in [-0.1, -0.05) is 26.3 Å². The van der Waals surface area contributed by atoms with Gasteiger partial charge in [-0.2, -0.15) is 0 Å². The molecule has 3 atom stereocenters. The molecule has 0 amide bonds. The summed E-state index contributed by atoms with van der Waals surface area (Å²) >= 11 is 0. The van der Waals surface area contributed by atoms with Crippen molar-refractivity contribution in [3.63, 3.8) is 0 Å². The molecule has 1 aromatic carbocycles. The van der Waals surface area contributed by atoms with Crippen LogP contribution in [-0.4, -0.2) is 22.0 Å². The van der Waals surface area contributed by atoms with Gasteiger partial charge in [0.1, 0.15) is 5.75 Å². The van der Waals surface area contributed by atoms with Crippen LogP contribution in [0.3, 0.4) is 0 Å². The molecule has 3 rings (SSSR count). The fourth-order valence-electron chi connectivity index (χ4n) is 5.25. The van der Waals surface area contributed by atoms with E-state index >= 15 is 0 Å². The number of methoxy groups -OCH3 is 1. The number of rotatable bonds is 4. The zero-order valence-corrected chi connectivity index (χ0v) is 17.4. The van der Waals surface area contributed by atoms with Crippen LogP contribution in [0.2, 0.25) is 19.6 Å². The smallest absolute Gasteiger partial charge is 0.183 e. The minimum atomic E-state index is -1.48. The lowest BCUT2D eigenvalue weighted by molar-refractivity contribution is -0.0124. The largest absolute Gasteiger partial charge is 0.497 e. The highest BCUT2D eigenvalue weighted by Gasteiger charge is 2.52. The number of aryl methyl sites for hydroxylation is 1. The number of benzene rings is 1. The van der Waals surface area contributed by atoms with E-state index < -0.39 is 8.32 Å². The number of fused-ring (bicyclic) bond motifs is 3. The topological polar surface area (TPSA) is 18.5 Å². The zero-order valence-electron chi connectivity index (χ0n) is 16.4. The third kappa shape index (κ3) is 3.17. The highest BCUT2D eigenvalue weighted by atomic mass is 28.4. The van der Waals surface area contributed by atoms with Crippen molar-refractivity contribution in [2.45, 2.75) is 71.0 Å². The van der Waals surface area contributed by atoms with Crippen molar-refractivity contribution in [1.82, 2.24) is 0 Å². The standard InChI is InChI=1S/C21H34O2Si/c1-20(15-23-24(4,5)6)12-7-13-21(2)18-14-17(22-3)10-8-16(18)9-11-19(20)21/h8,10,14,19H,7,9,11-13,15H2,1-6H3/t19-,20+,21+/m0/s1. The van der Waals surface area contributed by atoms with Gasteiger partial charge in [-0.15, -0.1) is 0 Å². The molecule has 0 spiro atoms. The fraction of sp³-hybridized carbons (Fsp3) is 0.714. The van der Waals surface area contributed by atoms with Gasteiger partial charge in [0.2, 0.25) is 0 Å². The average molecular weight is 347 g/mol. The van der Waals surface area contributed by atoms with Gasteiger partial charge in [-0.3, -0.25) is 0 Å². The molecule has 24 heavy (non-hydrogen) atoms. The minimum Gasteiger partial charge on any atom is -0.497 e. The Morgan fingerprint density at radius 1 is 1.17 bits per heavy atom. The zero-order chi connectivity index (χ0) is 17.6. The van der Waals surface area contributed by atoms with Crippen molar-refractivity contribution in [3.05, 3.63) is 29.3 Å². The van der Waals surface area contributed by atoms with E-state index in [1.165, 1.54) is 43.2 Å². The maximum Gasteiger partial charge on any atom is 0.183 e. The van der Waals surface area contributed by atoms with Crippen LogP contribution in [-0.2, 0) is 16.3 Å². The summed E-state index contributed by atoms with van der Waals surface area (Å²) in [5.74, 6) is 1.70. The van der Waals surface area contributed by atoms with E-state index in [0.717, 1.165) is 12.4 Å². The first kappa shape index (κ1) is 18.0. The Balaban J connectivity index is 1.95. The van der Waals surface area contributed by atoms with Crippen molar-refractivity contribution in [1.29, 1.82) is 0 Å². The lowest BCUT2D eigenvalue weighted by atomic mass is 9.50. The third-order valence-electron chi connectivity index (χ3n) is 6.52. The summed E-state index contributed by atoms with van der Waals surface area (Å²) in [4.78, 5) is 0. The highest BCUT2D eigenvalue weighted by Crippen LogP contribution is 2.57. The van der Waals surface area contributed by atoms with Crippen LogP contribution in [0.15, 0.2) is 18.2 Å². The van der Waals surface area contributed by atoms with Gasteiger partial charge >= 0.3 is 0 Å². The second kappa shape index (κ2) is 6.17. The first-order valence-electron chi connectivity index (χ1n) is 9.49. The Kier molecular flexibility index (Phi) is 4.63. The normalized spacial score (nSPS) is 32.8. The molecular formula is C21H34O2Si. The van der Waals surface area contributed by atoms with Gasteiger partial charge < -0.3 is 9.16 Å². The molecule has 0 aromatic heterocycles. The maximum atomic E-state index is 6.41. The van der Waals surface area contributed by atoms with Crippen LogP contribution in [0.5, 0.6) is 5.75 Å². The quantitative estimate of drug-likeness (QED) is 0.665. The van der Waals surface area contributed by atoms with E-state index in [1.54, 1.807) is 7.11 Å². The van der Waals surface area contributed by atoms with E-state index in [0.29, 0.717) is 11.3 Å². The van der Waals surface area contributed by atoms with Crippen LogP contribution >= 0.6 is 0 Å². The van der Waals surface area contributed by atoms with E-state index in [2.05, 4.69) is 51.7 Å². The molecule has 0 saturated heterocycles. The van der Waals surface area contributed by atoms with Crippen molar-refractivity contribution in [2.75, 3.05) is 13.7 Å². The summed E-state index contributed by atoms with van der Waals surface area (Å²) in [5.41, 5.74) is 3.63. The SMILES string of the molecule is COc1ccc2c(c1)[C@@]1(C)CCC[C@](C)(CO[Si](C)(C)C)[C@@H]1CC2. The maximum absolute atomic E-state index is 6.41. The lowest BCUT2D eigenvalue weighted by Gasteiger charge is -2.55. The predicted octanol–water partition coefficient (Wildman–Crippen LogP) is 5.56. The first-order chi connectivity index (χ1) is 11.2. The van der Waals surface area contributed by atoms with Crippen LogP contribution in [0.1, 0.15) is 50.7 Å². The van der Waals surface area contributed by atoms with Crippen LogP contribution in [0.25, 0.3) is 0 Å². The molecule has 0 N–H and O–H groups in total. The molecule has 3 heteroatoms. The molecule has 1 saturated carbocycles. The van der Waals surface area contributed by atoms with Gasteiger partial charge in [-0.05, 0) is 85.3 Å². The third-order valence-corrected chi connectivity index (χ3v) is 7.53. The summed E-state index contributed by atoms with van der Waals surface area (Å²) in [5, 5.41) is 0. The second-order valence-electron chi connectivity index (χ2n) is 9.44. The molecule has 2 nitrogen and oxygen atoms in total. The molecular weight excluding hydrogens is 312 g/mol. The molecule has 134 valence electrons. The van der Waals surface area contributed by atoms with Crippen molar-refractivity contribution >= 4 is 8.32 Å². The molecule has 0 aliphatic heterocycles. The summed E-state index contributed by atoms with van der Waals surface area (Å²) in [6.07, 6.45) is 6.39. The van der Waals surface area contributed by atoms with Crippen molar-refractivity contribution in [3.8, 4) is 5.75 Å². The van der Waals surface area contributed by atoms with Gasteiger partial charge in [0.15, 0.2) is 8.32 Å². The molecule has 0 unspecified atom stereocenters. The number of ether oxygens (including phenoxy) is 1. The molecule has 0 radical (unpaired) electrons. The Morgan fingerprint density at radius 3 is 2.58 bits per heavy atom. The monoisotopic (exact) mass is 346 g/mol. The van der Waals surface area contributed by atoms with E-state index in [9.17, 15) is 0 Å². The Morgan fingerprint density at radius 2 is 1.92 bits per heavy atom. The van der Waals surface area contributed by atoms with Gasteiger partial charge in [0.25, 0.3) is 0 Å². The van der Waals surface area contributed by atoms with Crippen LogP contribution in [0, 0.1) is 11.3 Å². The van der Waals surface area contributed by atoms with E-state index in [1.807, 2.05) is 0 Å². The average Bonchev–Trinajstić information content (AvgIpc) is 2.52. The summed E-state index contributed by atoms with van der Waals surface area (Å²) in [6.45, 7) is 12.8. The summed E-state index contributed by atoms with van der Waals surface area (Å²) in [6, 6.07) is 6.73. The molecule has 2 aliphatic carbocycles. The van der Waals surface area contributed by atoms with Gasteiger partial charge in [0, 0.05) is 6.61 Å². The Labute approximate surface area is 149 Å². The summed E-state index contributed by atoms with van der Waals surface area (Å²) in [7, 11) is 0.299. The fourth-order valence-corrected chi connectivity index (χ4v) is 6.02. The van der Waals surface area contributed by atoms with Crippen LogP contribution < -0.4 is 4.74 Å². The van der Waals surface area contributed by atoms with Crippen LogP contribution in [0.4, 0.5) is 0 Å². The Bertz CT molecular complexity index is 606. The van der Waals surface area contributed by atoms with Gasteiger partial charge in [0.05, 0.1) is 7.11 Å². The predicted molar refractivity (Wildman–Crippen MR) is 103 cm³/mol. The van der Waals surface area contributed by atoms with E-state index in [4.69, 9.17) is 9.16 Å². The number of hydrogen-bond acceptors (Lipinski definition) is 2. The molecule has 2 aliphatic rings. The van der Waals surface area contributed by atoms with Crippen molar-refractivity contribution < 1.29 is 9.16 Å². The first-order valence-corrected chi connectivity index (χ1v) is 12.9. The lowest BCUT2D eigenvalue weighted by Crippen LogP contribution is -2.51. The molecule has 1 fully saturated rings. The highest BCUT2D eigenvalue weighted by molar-refractivity contribution is 6.69. The molecule has 1 aromatic rings.